The van der Waals surface area contributed by atoms with E-state index in [9.17, 15) is 0 Å². The molecular weight excluding hydrogens is 238 g/mol. The monoisotopic (exact) mass is 261 g/mol. The van der Waals surface area contributed by atoms with Gasteiger partial charge in [-0.2, -0.15) is 0 Å². The SMILES string of the molecule is CC(C)(C)N1C=CSC1CCCc1ccccc1. The molecule has 1 atom stereocenters. The average molecular weight is 261 g/mol. The summed E-state index contributed by atoms with van der Waals surface area (Å²) in [6, 6.07) is 10.8. The molecule has 0 bridgehead atoms. The Labute approximate surface area is 115 Å². The summed E-state index contributed by atoms with van der Waals surface area (Å²) < 4.78 is 0. The van der Waals surface area contributed by atoms with E-state index in [4.69, 9.17) is 0 Å². The van der Waals surface area contributed by atoms with Crippen molar-refractivity contribution in [3.8, 4) is 0 Å². The maximum absolute atomic E-state index is 2.49. The van der Waals surface area contributed by atoms with Crippen molar-refractivity contribution < 1.29 is 0 Å². The van der Waals surface area contributed by atoms with Gasteiger partial charge in [0.1, 0.15) is 0 Å². The molecule has 0 aliphatic carbocycles. The van der Waals surface area contributed by atoms with E-state index in [0.29, 0.717) is 5.37 Å². The summed E-state index contributed by atoms with van der Waals surface area (Å²) in [5.41, 5.74) is 1.69. The van der Waals surface area contributed by atoms with Crippen LogP contribution in [0.4, 0.5) is 0 Å². The first-order chi connectivity index (χ1) is 8.57. The number of hydrogen-bond donors (Lipinski definition) is 0. The number of rotatable bonds is 4. The lowest BCUT2D eigenvalue weighted by atomic mass is 10.0. The highest BCUT2D eigenvalue weighted by atomic mass is 32.2. The number of aryl methyl sites for hydroxylation is 1. The molecule has 0 aromatic heterocycles. The summed E-state index contributed by atoms with van der Waals surface area (Å²) in [7, 11) is 0. The van der Waals surface area contributed by atoms with Gasteiger partial charge in [-0.25, -0.2) is 0 Å². The smallest absolute Gasteiger partial charge is 0.0791 e. The van der Waals surface area contributed by atoms with Crippen LogP contribution in [0.1, 0.15) is 39.2 Å². The van der Waals surface area contributed by atoms with Crippen LogP contribution in [0.3, 0.4) is 0 Å². The molecule has 1 aliphatic heterocycles. The highest BCUT2D eigenvalue weighted by Gasteiger charge is 2.28. The largest absolute Gasteiger partial charge is 0.360 e. The summed E-state index contributed by atoms with van der Waals surface area (Å²) in [6.07, 6.45) is 5.95. The molecule has 0 radical (unpaired) electrons. The molecule has 2 rings (SSSR count). The zero-order valence-electron chi connectivity index (χ0n) is 11.6. The Morgan fingerprint density at radius 1 is 1.17 bits per heavy atom. The number of nitrogens with zero attached hydrogens (tertiary/aromatic N) is 1. The van der Waals surface area contributed by atoms with Crippen LogP contribution in [0.2, 0.25) is 0 Å². The van der Waals surface area contributed by atoms with Crippen LogP contribution in [0.15, 0.2) is 41.9 Å². The summed E-state index contributed by atoms with van der Waals surface area (Å²) in [5, 5.41) is 2.85. The first kappa shape index (κ1) is 13.5. The van der Waals surface area contributed by atoms with E-state index < -0.39 is 0 Å². The minimum atomic E-state index is 0.234. The lowest BCUT2D eigenvalue weighted by Gasteiger charge is -2.37. The molecule has 0 saturated heterocycles. The van der Waals surface area contributed by atoms with Gasteiger partial charge in [0.25, 0.3) is 0 Å². The van der Waals surface area contributed by atoms with Crippen molar-refractivity contribution in [2.75, 3.05) is 0 Å². The maximum Gasteiger partial charge on any atom is 0.0791 e. The van der Waals surface area contributed by atoms with Crippen molar-refractivity contribution in [3.63, 3.8) is 0 Å². The molecule has 0 N–H and O–H groups in total. The van der Waals surface area contributed by atoms with Gasteiger partial charge in [0.2, 0.25) is 0 Å². The highest BCUT2D eigenvalue weighted by Crippen LogP contribution is 2.34. The quantitative estimate of drug-likeness (QED) is 0.776. The molecule has 0 saturated carbocycles. The summed E-state index contributed by atoms with van der Waals surface area (Å²) >= 11 is 1.96. The van der Waals surface area contributed by atoms with Crippen LogP contribution in [-0.4, -0.2) is 15.8 Å². The van der Waals surface area contributed by atoms with Crippen molar-refractivity contribution in [1.29, 1.82) is 0 Å². The Morgan fingerprint density at radius 3 is 2.56 bits per heavy atom. The Hall–Kier alpha value is -0.890. The summed E-state index contributed by atoms with van der Waals surface area (Å²) in [6.45, 7) is 6.86. The molecule has 1 heterocycles. The molecule has 1 aliphatic rings. The van der Waals surface area contributed by atoms with Gasteiger partial charge in [0.15, 0.2) is 0 Å². The van der Waals surface area contributed by atoms with E-state index in [1.54, 1.807) is 0 Å². The molecule has 1 aromatic carbocycles. The van der Waals surface area contributed by atoms with Gasteiger partial charge in [-0.15, -0.1) is 11.8 Å². The summed E-state index contributed by atoms with van der Waals surface area (Å²) in [5.74, 6) is 0. The Morgan fingerprint density at radius 2 is 1.89 bits per heavy atom. The van der Waals surface area contributed by atoms with Gasteiger partial charge < -0.3 is 4.90 Å². The first-order valence-corrected chi connectivity index (χ1v) is 7.66. The molecule has 1 aromatic rings. The summed E-state index contributed by atoms with van der Waals surface area (Å²) in [4.78, 5) is 2.49. The number of hydrogen-bond acceptors (Lipinski definition) is 2. The third kappa shape index (κ3) is 3.55. The highest BCUT2D eigenvalue weighted by molar-refractivity contribution is 8.02. The normalized spacial score (nSPS) is 19.5. The first-order valence-electron chi connectivity index (χ1n) is 6.72. The molecule has 98 valence electrons. The van der Waals surface area contributed by atoms with Crippen molar-refractivity contribution in [2.45, 2.75) is 50.9 Å². The molecule has 1 nitrogen and oxygen atoms in total. The van der Waals surface area contributed by atoms with Gasteiger partial charge in [-0.1, -0.05) is 30.3 Å². The van der Waals surface area contributed by atoms with Crippen LogP contribution >= 0.6 is 11.8 Å². The second-order valence-corrected chi connectivity index (χ2v) is 6.92. The van der Waals surface area contributed by atoms with Crippen molar-refractivity contribution in [1.82, 2.24) is 4.90 Å². The molecule has 0 fully saturated rings. The fraction of sp³-hybridized carbons (Fsp3) is 0.500. The lowest BCUT2D eigenvalue weighted by molar-refractivity contribution is 0.189. The van der Waals surface area contributed by atoms with Crippen LogP contribution in [0, 0.1) is 0 Å². The third-order valence-electron chi connectivity index (χ3n) is 3.30. The second-order valence-electron chi connectivity index (χ2n) is 5.83. The molecule has 2 heteroatoms. The molecule has 18 heavy (non-hydrogen) atoms. The van der Waals surface area contributed by atoms with E-state index in [0.717, 1.165) is 0 Å². The number of thioether (sulfide) groups is 1. The zero-order chi connectivity index (χ0) is 13.0. The maximum atomic E-state index is 2.49. The average Bonchev–Trinajstić information content (AvgIpc) is 2.78. The second kappa shape index (κ2) is 5.83. The van der Waals surface area contributed by atoms with Crippen molar-refractivity contribution >= 4 is 11.8 Å². The Kier molecular flexibility index (Phi) is 4.39. The molecular formula is C16H23NS. The molecule has 1 unspecified atom stereocenters. The van der Waals surface area contributed by atoms with Crippen molar-refractivity contribution in [3.05, 3.63) is 47.5 Å². The predicted molar refractivity (Wildman–Crippen MR) is 81.5 cm³/mol. The predicted octanol–water partition coefficient (Wildman–Crippen LogP) is 4.65. The fourth-order valence-corrected chi connectivity index (χ4v) is 3.54. The van der Waals surface area contributed by atoms with E-state index in [1.165, 1.54) is 24.8 Å². The van der Waals surface area contributed by atoms with Gasteiger partial charge in [0, 0.05) is 11.7 Å². The standard InChI is InChI=1S/C16H23NS/c1-16(2,3)17-12-13-18-15(17)11-7-10-14-8-5-4-6-9-14/h4-6,8-9,12-13,15H,7,10-11H2,1-3H3. The van der Waals surface area contributed by atoms with E-state index in [1.807, 2.05) is 11.8 Å². The van der Waals surface area contributed by atoms with E-state index in [-0.39, 0.29) is 5.54 Å². The fourth-order valence-electron chi connectivity index (χ4n) is 2.34. The molecule has 0 amide bonds. The van der Waals surface area contributed by atoms with Crippen LogP contribution in [-0.2, 0) is 6.42 Å². The van der Waals surface area contributed by atoms with Crippen LogP contribution in [0.25, 0.3) is 0 Å². The lowest BCUT2D eigenvalue weighted by Crippen LogP contribution is -2.41. The van der Waals surface area contributed by atoms with Gasteiger partial charge in [-0.05, 0) is 51.0 Å². The topological polar surface area (TPSA) is 3.24 Å². The number of benzene rings is 1. The van der Waals surface area contributed by atoms with Crippen molar-refractivity contribution in [2.24, 2.45) is 0 Å². The third-order valence-corrected chi connectivity index (χ3v) is 4.36. The van der Waals surface area contributed by atoms with Gasteiger partial charge >= 0.3 is 0 Å². The van der Waals surface area contributed by atoms with Gasteiger partial charge in [0.05, 0.1) is 5.37 Å². The minimum Gasteiger partial charge on any atom is -0.360 e. The van der Waals surface area contributed by atoms with E-state index in [2.05, 4.69) is 67.6 Å². The Bertz CT molecular complexity index is 391. The van der Waals surface area contributed by atoms with E-state index >= 15 is 0 Å². The molecule has 0 spiro atoms. The Balaban J connectivity index is 1.81. The van der Waals surface area contributed by atoms with Gasteiger partial charge in [-0.3, -0.25) is 0 Å². The van der Waals surface area contributed by atoms with Crippen LogP contribution in [0.5, 0.6) is 0 Å². The zero-order valence-corrected chi connectivity index (χ0v) is 12.4. The minimum absolute atomic E-state index is 0.234. The van der Waals surface area contributed by atoms with Crippen LogP contribution < -0.4 is 0 Å².